The van der Waals surface area contributed by atoms with Crippen molar-refractivity contribution in [3.63, 3.8) is 0 Å². The average Bonchev–Trinajstić information content (AvgIpc) is 3.12. The van der Waals surface area contributed by atoms with Crippen LogP contribution >= 0.6 is 0 Å². The monoisotopic (exact) mass is 325 g/mol. The first-order chi connectivity index (χ1) is 11.6. The molecule has 2 aromatic rings. The summed E-state index contributed by atoms with van der Waals surface area (Å²) in [5, 5.41) is 3.94. The van der Waals surface area contributed by atoms with Gasteiger partial charge in [0.05, 0.1) is 11.9 Å². The summed E-state index contributed by atoms with van der Waals surface area (Å²) in [6.45, 7) is 3.72. The zero-order valence-electron chi connectivity index (χ0n) is 13.6. The maximum absolute atomic E-state index is 14.3. The Morgan fingerprint density at radius 2 is 1.92 bits per heavy atom. The van der Waals surface area contributed by atoms with Crippen molar-refractivity contribution in [1.29, 1.82) is 0 Å². The fourth-order valence-corrected chi connectivity index (χ4v) is 2.84. The van der Waals surface area contributed by atoms with E-state index < -0.39 is 0 Å². The van der Waals surface area contributed by atoms with Crippen LogP contribution in [0.3, 0.4) is 0 Å². The number of hydrogen-bond acceptors (Lipinski definition) is 3. The first-order valence-corrected chi connectivity index (χ1v) is 8.09. The molecule has 4 nitrogen and oxygen atoms in total. The summed E-state index contributed by atoms with van der Waals surface area (Å²) in [4.78, 5) is 14.0. The highest BCUT2D eigenvalue weighted by Gasteiger charge is 2.17. The first kappa shape index (κ1) is 16.2. The van der Waals surface area contributed by atoms with Crippen molar-refractivity contribution < 1.29 is 9.18 Å². The molecule has 0 atom stereocenters. The van der Waals surface area contributed by atoms with Crippen LogP contribution in [-0.2, 0) is 0 Å². The number of nitrogens with one attached hydrogen (secondary N) is 1. The number of carbonyl (C=O) groups excluding carboxylic acids is 1. The molecule has 0 unspecified atom stereocenters. The van der Waals surface area contributed by atoms with E-state index >= 15 is 0 Å². The second kappa shape index (κ2) is 7.25. The summed E-state index contributed by atoms with van der Waals surface area (Å²) < 4.78 is 14.3. The van der Waals surface area contributed by atoms with Gasteiger partial charge < -0.3 is 4.90 Å². The molecule has 1 amide bonds. The van der Waals surface area contributed by atoms with Crippen molar-refractivity contribution in [3.8, 4) is 0 Å². The lowest BCUT2D eigenvalue weighted by molar-refractivity contribution is 0.0955. The van der Waals surface area contributed by atoms with Crippen LogP contribution in [0.5, 0.6) is 0 Å². The highest BCUT2D eigenvalue weighted by atomic mass is 19.1. The Morgan fingerprint density at radius 3 is 2.62 bits per heavy atom. The Balaban J connectivity index is 1.71. The third-order valence-electron chi connectivity index (χ3n) is 4.19. The predicted molar refractivity (Wildman–Crippen MR) is 94.1 cm³/mol. The van der Waals surface area contributed by atoms with E-state index in [4.69, 9.17) is 0 Å². The molecule has 3 rings (SSSR count). The van der Waals surface area contributed by atoms with E-state index in [0.29, 0.717) is 16.8 Å². The van der Waals surface area contributed by atoms with Crippen molar-refractivity contribution in [3.05, 3.63) is 65.0 Å². The van der Waals surface area contributed by atoms with Gasteiger partial charge in [0.25, 0.3) is 5.91 Å². The maximum atomic E-state index is 14.3. The van der Waals surface area contributed by atoms with Gasteiger partial charge >= 0.3 is 0 Å². The predicted octanol–water partition coefficient (Wildman–Crippen LogP) is 3.50. The number of rotatable bonds is 4. The SMILES string of the molecule is Cc1cc(N2CCCC2)c(F)cc1/C=N\NC(=O)c1ccccc1. The van der Waals surface area contributed by atoms with Crippen LogP contribution in [-0.4, -0.2) is 25.2 Å². The Bertz CT molecular complexity index is 753. The second-order valence-corrected chi connectivity index (χ2v) is 5.92. The van der Waals surface area contributed by atoms with E-state index in [9.17, 15) is 9.18 Å². The highest BCUT2D eigenvalue weighted by Crippen LogP contribution is 2.26. The summed E-state index contributed by atoms with van der Waals surface area (Å²) in [7, 11) is 0. The van der Waals surface area contributed by atoms with Crippen molar-refractivity contribution in [1.82, 2.24) is 5.43 Å². The van der Waals surface area contributed by atoms with Gasteiger partial charge in [0.1, 0.15) is 5.82 Å². The third-order valence-corrected chi connectivity index (χ3v) is 4.19. The first-order valence-electron chi connectivity index (χ1n) is 8.09. The van der Waals surface area contributed by atoms with E-state index in [2.05, 4.69) is 15.4 Å². The minimum atomic E-state index is -0.293. The Labute approximate surface area is 141 Å². The fraction of sp³-hybridized carbons (Fsp3) is 0.263. The number of benzene rings is 2. The molecule has 1 fully saturated rings. The number of hydrogen-bond donors (Lipinski definition) is 1. The fourth-order valence-electron chi connectivity index (χ4n) is 2.84. The molecule has 124 valence electrons. The van der Waals surface area contributed by atoms with E-state index in [1.54, 1.807) is 24.3 Å². The number of anilines is 1. The lowest BCUT2D eigenvalue weighted by Crippen LogP contribution is -2.19. The van der Waals surface area contributed by atoms with Crippen LogP contribution < -0.4 is 10.3 Å². The zero-order chi connectivity index (χ0) is 16.9. The highest BCUT2D eigenvalue weighted by molar-refractivity contribution is 5.95. The quantitative estimate of drug-likeness (QED) is 0.691. The van der Waals surface area contributed by atoms with Crippen LogP contribution in [0.1, 0.15) is 34.3 Å². The molecule has 0 saturated carbocycles. The van der Waals surface area contributed by atoms with E-state index in [1.807, 2.05) is 19.1 Å². The van der Waals surface area contributed by atoms with Crippen LogP contribution in [0.4, 0.5) is 10.1 Å². The molecule has 0 spiro atoms. The molecule has 0 aromatic heterocycles. The molecular weight excluding hydrogens is 305 g/mol. The van der Waals surface area contributed by atoms with Crippen molar-refractivity contribution >= 4 is 17.8 Å². The van der Waals surface area contributed by atoms with Gasteiger partial charge in [-0.05, 0) is 49.6 Å². The lowest BCUT2D eigenvalue weighted by atomic mass is 10.1. The molecule has 1 N–H and O–H groups in total. The molecule has 1 aliphatic rings. The van der Waals surface area contributed by atoms with Crippen molar-refractivity contribution in [2.24, 2.45) is 5.10 Å². The van der Waals surface area contributed by atoms with Gasteiger partial charge in [-0.25, -0.2) is 9.82 Å². The number of aryl methyl sites for hydroxylation is 1. The maximum Gasteiger partial charge on any atom is 0.271 e. The second-order valence-electron chi connectivity index (χ2n) is 5.92. The number of halogens is 1. The van der Waals surface area contributed by atoms with E-state index in [1.165, 1.54) is 12.3 Å². The summed E-state index contributed by atoms with van der Waals surface area (Å²) in [6.07, 6.45) is 3.69. The molecule has 24 heavy (non-hydrogen) atoms. The van der Waals surface area contributed by atoms with Crippen LogP contribution in [0, 0.1) is 12.7 Å². The molecule has 0 radical (unpaired) electrons. The molecule has 5 heteroatoms. The minimum Gasteiger partial charge on any atom is -0.369 e. The molecule has 0 bridgehead atoms. The molecule has 1 saturated heterocycles. The van der Waals surface area contributed by atoms with E-state index in [0.717, 1.165) is 31.5 Å². The van der Waals surface area contributed by atoms with Crippen molar-refractivity contribution in [2.45, 2.75) is 19.8 Å². The standard InChI is InChI=1S/C19H20FN3O/c1-14-11-18(23-9-5-6-10-23)17(20)12-16(14)13-21-22-19(24)15-7-3-2-4-8-15/h2-4,7-8,11-13H,5-6,9-10H2,1H3,(H,22,24)/b21-13-. The van der Waals surface area contributed by atoms with Crippen LogP contribution in [0.2, 0.25) is 0 Å². The van der Waals surface area contributed by atoms with Gasteiger partial charge in [-0.2, -0.15) is 5.10 Å². The average molecular weight is 325 g/mol. The topological polar surface area (TPSA) is 44.7 Å². The Hall–Kier alpha value is -2.69. The normalized spacial score (nSPS) is 14.3. The number of hydrazone groups is 1. The number of amides is 1. The zero-order valence-corrected chi connectivity index (χ0v) is 13.6. The molecule has 1 heterocycles. The van der Waals surface area contributed by atoms with Gasteiger partial charge in [-0.3, -0.25) is 4.79 Å². The number of carbonyl (C=O) groups is 1. The largest absolute Gasteiger partial charge is 0.369 e. The van der Waals surface area contributed by atoms with Gasteiger partial charge in [-0.1, -0.05) is 18.2 Å². The summed E-state index contributed by atoms with van der Waals surface area (Å²) in [6, 6.07) is 12.2. The van der Waals surface area contributed by atoms with Gasteiger partial charge in [0.15, 0.2) is 0 Å². The minimum absolute atomic E-state index is 0.252. The third kappa shape index (κ3) is 3.62. The van der Waals surface area contributed by atoms with Crippen molar-refractivity contribution in [2.75, 3.05) is 18.0 Å². The van der Waals surface area contributed by atoms with Gasteiger partial charge in [0, 0.05) is 24.2 Å². The molecule has 2 aromatic carbocycles. The lowest BCUT2D eigenvalue weighted by Gasteiger charge is -2.19. The van der Waals surface area contributed by atoms with Crippen LogP contribution in [0.15, 0.2) is 47.6 Å². The van der Waals surface area contributed by atoms with Gasteiger partial charge in [0.2, 0.25) is 0 Å². The summed E-state index contributed by atoms with van der Waals surface area (Å²) >= 11 is 0. The van der Waals surface area contributed by atoms with E-state index in [-0.39, 0.29) is 11.7 Å². The Kier molecular flexibility index (Phi) is 4.89. The Morgan fingerprint density at radius 1 is 1.21 bits per heavy atom. The molecule has 1 aliphatic heterocycles. The van der Waals surface area contributed by atoms with Gasteiger partial charge in [-0.15, -0.1) is 0 Å². The summed E-state index contributed by atoms with van der Waals surface area (Å²) in [5.74, 6) is -0.544. The molecular formula is C19H20FN3O. The summed E-state index contributed by atoms with van der Waals surface area (Å²) in [5.41, 5.74) is 5.22. The smallest absolute Gasteiger partial charge is 0.271 e. The number of nitrogens with zero attached hydrogens (tertiary/aromatic N) is 2. The van der Waals surface area contributed by atoms with Crippen LogP contribution in [0.25, 0.3) is 0 Å². The molecule has 0 aliphatic carbocycles.